The summed E-state index contributed by atoms with van der Waals surface area (Å²) in [5.41, 5.74) is 6.27. The summed E-state index contributed by atoms with van der Waals surface area (Å²) >= 11 is 0. The average Bonchev–Trinajstić information content (AvgIpc) is 2.80. The number of hydrogen-bond acceptors (Lipinski definition) is 3. The first-order valence-electron chi connectivity index (χ1n) is 11.0. The van der Waals surface area contributed by atoms with Gasteiger partial charge < -0.3 is 16.0 Å². The molecular formula is C27H30ClN3O2. The number of carbonyl (C=O) groups is 2. The van der Waals surface area contributed by atoms with E-state index in [-0.39, 0.29) is 30.3 Å². The molecule has 0 aliphatic carbocycles. The van der Waals surface area contributed by atoms with E-state index in [1.807, 2.05) is 74.5 Å². The van der Waals surface area contributed by atoms with Crippen molar-refractivity contribution in [2.75, 3.05) is 5.32 Å². The minimum atomic E-state index is -0.676. The highest BCUT2D eigenvalue weighted by Crippen LogP contribution is 2.18. The molecule has 3 aromatic rings. The van der Waals surface area contributed by atoms with E-state index < -0.39 is 6.04 Å². The van der Waals surface area contributed by atoms with Gasteiger partial charge in [0, 0.05) is 18.7 Å². The Kier molecular flexibility index (Phi) is 8.26. The molecule has 4 rings (SSSR count). The second-order valence-corrected chi connectivity index (χ2v) is 8.46. The fraction of sp³-hybridized carbons (Fsp3) is 0.259. The average molecular weight is 464 g/mol. The number of hydrogen-bond donors (Lipinski definition) is 3. The van der Waals surface area contributed by atoms with Crippen LogP contribution in [0.3, 0.4) is 0 Å². The second-order valence-electron chi connectivity index (χ2n) is 8.46. The quantitative estimate of drug-likeness (QED) is 0.515. The largest absolute Gasteiger partial charge is 0.343 e. The van der Waals surface area contributed by atoms with Gasteiger partial charge in [-0.15, -0.1) is 12.4 Å². The van der Waals surface area contributed by atoms with E-state index in [0.29, 0.717) is 19.4 Å². The van der Waals surface area contributed by atoms with Crippen molar-refractivity contribution in [3.8, 4) is 0 Å². The Morgan fingerprint density at radius 1 is 0.970 bits per heavy atom. The van der Waals surface area contributed by atoms with Crippen LogP contribution in [-0.2, 0) is 29.0 Å². The van der Waals surface area contributed by atoms with Crippen LogP contribution < -0.4 is 16.0 Å². The van der Waals surface area contributed by atoms with Crippen LogP contribution in [0, 0.1) is 13.8 Å². The van der Waals surface area contributed by atoms with Crippen LogP contribution in [0.15, 0.2) is 72.8 Å². The van der Waals surface area contributed by atoms with Gasteiger partial charge in [-0.25, -0.2) is 0 Å². The summed E-state index contributed by atoms with van der Waals surface area (Å²) in [5, 5.41) is 9.32. The Bertz CT molecular complexity index is 1120. The molecule has 172 valence electrons. The summed E-state index contributed by atoms with van der Waals surface area (Å²) in [6.45, 7) is 4.63. The molecule has 0 radical (unpaired) electrons. The van der Waals surface area contributed by atoms with Crippen LogP contribution in [-0.4, -0.2) is 23.9 Å². The Balaban J connectivity index is 0.00000306. The first-order chi connectivity index (χ1) is 15.5. The van der Waals surface area contributed by atoms with Crippen molar-refractivity contribution in [2.24, 2.45) is 0 Å². The van der Waals surface area contributed by atoms with E-state index >= 15 is 0 Å². The molecule has 0 saturated carbocycles. The zero-order valence-electron chi connectivity index (χ0n) is 18.9. The maximum atomic E-state index is 13.2. The monoisotopic (exact) mass is 463 g/mol. The molecule has 1 aliphatic heterocycles. The maximum absolute atomic E-state index is 13.2. The Hall–Kier alpha value is -3.15. The number of aryl methyl sites for hydroxylation is 2. The molecular weight excluding hydrogens is 434 g/mol. The van der Waals surface area contributed by atoms with Gasteiger partial charge >= 0.3 is 0 Å². The van der Waals surface area contributed by atoms with Gasteiger partial charge in [0.2, 0.25) is 11.8 Å². The van der Waals surface area contributed by atoms with Crippen LogP contribution in [0.4, 0.5) is 5.69 Å². The van der Waals surface area contributed by atoms with Gasteiger partial charge in [-0.05, 0) is 48.6 Å². The molecule has 5 nitrogen and oxygen atoms in total. The van der Waals surface area contributed by atoms with Crippen molar-refractivity contribution in [3.05, 3.63) is 101 Å². The molecule has 1 heterocycles. The second kappa shape index (κ2) is 11.1. The van der Waals surface area contributed by atoms with Crippen molar-refractivity contribution in [1.82, 2.24) is 10.6 Å². The van der Waals surface area contributed by atoms with E-state index in [9.17, 15) is 9.59 Å². The van der Waals surface area contributed by atoms with E-state index in [1.165, 1.54) is 11.1 Å². The molecule has 0 fully saturated rings. The van der Waals surface area contributed by atoms with Gasteiger partial charge in [0.05, 0.1) is 6.04 Å². The third-order valence-corrected chi connectivity index (χ3v) is 5.95. The number of nitrogens with one attached hydrogen (secondary N) is 3. The molecule has 2 amide bonds. The van der Waals surface area contributed by atoms with Crippen LogP contribution in [0.25, 0.3) is 0 Å². The predicted molar refractivity (Wildman–Crippen MR) is 135 cm³/mol. The van der Waals surface area contributed by atoms with Gasteiger partial charge in [0.1, 0.15) is 6.04 Å². The third kappa shape index (κ3) is 6.21. The molecule has 3 aromatic carbocycles. The molecule has 6 heteroatoms. The minimum absolute atomic E-state index is 0. The number of carbonyl (C=O) groups excluding carboxylic acids is 2. The lowest BCUT2D eigenvalue weighted by Gasteiger charge is -2.27. The van der Waals surface area contributed by atoms with Crippen molar-refractivity contribution < 1.29 is 9.59 Å². The van der Waals surface area contributed by atoms with E-state index in [4.69, 9.17) is 0 Å². The Morgan fingerprint density at radius 2 is 1.67 bits per heavy atom. The molecule has 0 unspecified atom stereocenters. The third-order valence-electron chi connectivity index (χ3n) is 5.95. The van der Waals surface area contributed by atoms with Gasteiger partial charge in [-0.2, -0.15) is 0 Å². The smallest absolute Gasteiger partial charge is 0.247 e. The van der Waals surface area contributed by atoms with Crippen molar-refractivity contribution in [2.45, 2.75) is 45.3 Å². The lowest BCUT2D eigenvalue weighted by molar-refractivity contribution is -0.128. The standard InChI is InChI=1S/C27H29N3O2.ClH/c1-18-12-13-23(19(2)14-18)29-27(32)25(15-20-8-4-3-5-9-20)30-26(31)24-16-21-10-6-7-11-22(21)17-28-24;/h3-14,24-25,28H,15-17H2,1-2H3,(H,29,32)(H,30,31);1H/t24-,25-;/m0./s1. The normalized spacial score (nSPS) is 15.5. The predicted octanol–water partition coefficient (Wildman–Crippen LogP) is 4.11. The summed E-state index contributed by atoms with van der Waals surface area (Å²) in [6, 6.07) is 22.8. The first-order valence-corrected chi connectivity index (χ1v) is 11.0. The lowest BCUT2D eigenvalue weighted by atomic mass is 9.95. The molecule has 0 spiro atoms. The van der Waals surface area contributed by atoms with Gasteiger partial charge in [0.15, 0.2) is 0 Å². The van der Waals surface area contributed by atoms with Gasteiger partial charge in [-0.3, -0.25) is 9.59 Å². The van der Waals surface area contributed by atoms with Crippen molar-refractivity contribution in [3.63, 3.8) is 0 Å². The van der Waals surface area contributed by atoms with E-state index in [1.54, 1.807) is 0 Å². The number of halogens is 1. The molecule has 0 aromatic heterocycles. The topological polar surface area (TPSA) is 70.2 Å². The van der Waals surface area contributed by atoms with Crippen LogP contribution in [0.5, 0.6) is 0 Å². The first kappa shape index (κ1) is 24.5. The van der Waals surface area contributed by atoms with E-state index in [2.05, 4.69) is 28.1 Å². The van der Waals surface area contributed by atoms with Crippen molar-refractivity contribution >= 4 is 29.9 Å². The van der Waals surface area contributed by atoms with Crippen molar-refractivity contribution in [1.29, 1.82) is 0 Å². The lowest BCUT2D eigenvalue weighted by Crippen LogP contribution is -2.53. The number of fused-ring (bicyclic) bond motifs is 1. The molecule has 2 atom stereocenters. The van der Waals surface area contributed by atoms with Gasteiger partial charge in [0.25, 0.3) is 0 Å². The molecule has 0 saturated heterocycles. The van der Waals surface area contributed by atoms with Crippen LogP contribution >= 0.6 is 12.4 Å². The Labute approximate surface area is 201 Å². The zero-order chi connectivity index (χ0) is 22.5. The summed E-state index contributed by atoms with van der Waals surface area (Å²) in [7, 11) is 0. The molecule has 3 N–H and O–H groups in total. The summed E-state index contributed by atoms with van der Waals surface area (Å²) in [6.07, 6.45) is 1.03. The number of amides is 2. The Morgan fingerprint density at radius 3 is 2.39 bits per heavy atom. The fourth-order valence-corrected chi connectivity index (χ4v) is 4.14. The molecule has 33 heavy (non-hydrogen) atoms. The number of benzene rings is 3. The molecule has 0 bridgehead atoms. The minimum Gasteiger partial charge on any atom is -0.343 e. The fourth-order valence-electron chi connectivity index (χ4n) is 4.14. The van der Waals surface area contributed by atoms with E-state index in [0.717, 1.165) is 22.4 Å². The number of anilines is 1. The number of rotatable bonds is 6. The summed E-state index contributed by atoms with van der Waals surface area (Å²) < 4.78 is 0. The van der Waals surface area contributed by atoms with Crippen LogP contribution in [0.1, 0.15) is 27.8 Å². The highest BCUT2D eigenvalue weighted by atomic mass is 35.5. The summed E-state index contributed by atoms with van der Waals surface area (Å²) in [4.78, 5) is 26.3. The van der Waals surface area contributed by atoms with Gasteiger partial charge in [-0.1, -0.05) is 72.3 Å². The maximum Gasteiger partial charge on any atom is 0.247 e. The highest BCUT2D eigenvalue weighted by Gasteiger charge is 2.28. The highest BCUT2D eigenvalue weighted by molar-refractivity contribution is 5.98. The molecule has 1 aliphatic rings. The zero-order valence-corrected chi connectivity index (χ0v) is 19.7. The SMILES string of the molecule is Cc1ccc(NC(=O)[C@H](Cc2ccccc2)NC(=O)[C@@H]2Cc3ccccc3CN2)c(C)c1.Cl. The summed E-state index contributed by atoms with van der Waals surface area (Å²) in [5.74, 6) is -0.374. The van der Waals surface area contributed by atoms with Crippen LogP contribution in [0.2, 0.25) is 0 Å².